The van der Waals surface area contributed by atoms with Crippen LogP contribution >= 0.6 is 15.6 Å². The first kappa shape index (κ1) is 99.1. The lowest BCUT2D eigenvalue weighted by Gasteiger charge is -2.21. The predicted molar refractivity (Wildman–Crippen MR) is 414 cm³/mol. The van der Waals surface area contributed by atoms with E-state index in [4.69, 9.17) is 37.0 Å². The molecule has 19 heteroatoms. The van der Waals surface area contributed by atoms with E-state index in [-0.39, 0.29) is 25.7 Å². The summed E-state index contributed by atoms with van der Waals surface area (Å²) in [5.41, 5.74) is 0. The number of phosphoric ester groups is 2. The summed E-state index contributed by atoms with van der Waals surface area (Å²) in [6, 6.07) is 0. The van der Waals surface area contributed by atoms with Gasteiger partial charge in [-0.15, -0.1) is 0 Å². The van der Waals surface area contributed by atoms with E-state index in [9.17, 15) is 43.2 Å². The Hall–Kier alpha value is -1.94. The van der Waals surface area contributed by atoms with E-state index < -0.39 is 97.5 Å². The number of unbranched alkanes of at least 4 members (excludes halogenated alkanes) is 42. The Morgan fingerprint density at radius 3 is 0.703 bits per heavy atom. The molecule has 0 aromatic heterocycles. The topological polar surface area (TPSA) is 237 Å². The van der Waals surface area contributed by atoms with Gasteiger partial charge < -0.3 is 33.8 Å². The molecule has 3 N–H and O–H groups in total. The van der Waals surface area contributed by atoms with Gasteiger partial charge in [-0.05, 0) is 49.4 Å². The molecular weight excluding hydrogens is 1320 g/mol. The Morgan fingerprint density at radius 2 is 0.475 bits per heavy atom. The summed E-state index contributed by atoms with van der Waals surface area (Å²) in [7, 11) is -9.92. The number of hydrogen-bond donors (Lipinski definition) is 3. The van der Waals surface area contributed by atoms with Gasteiger partial charge in [0, 0.05) is 25.7 Å². The quantitative estimate of drug-likeness (QED) is 0.0222. The molecule has 0 aromatic carbocycles. The van der Waals surface area contributed by atoms with Crippen LogP contribution in [-0.2, 0) is 65.4 Å². The standard InChI is InChI=1S/C82H160O17P2/c1-9-73(6)59-51-43-35-29-23-18-16-14-12-13-15-17-19-25-32-38-48-56-64-81(86)99-78(69-93-80(85)63-55-47-41-40-45-53-61-75(8)11-3)71-97-101(90,91)95-67-76(83)66-94-100(88,89)96-70-77(98-82(87)65-57-49-39-33-27-26-30-36-44-52-60-74(7)10-2)68-92-79(84)62-54-46-37-31-24-21-20-22-28-34-42-50-58-72(4)5/h72-78,83H,9-71H2,1-8H3,(H,88,89)(H,90,91)/t73?,74?,75?,76-,77-,78-/m1/s1. The summed E-state index contributed by atoms with van der Waals surface area (Å²) in [6.07, 6.45) is 58.2. The van der Waals surface area contributed by atoms with Crippen molar-refractivity contribution in [3.8, 4) is 0 Å². The third-order valence-corrected chi connectivity index (χ3v) is 22.1. The molecule has 0 radical (unpaired) electrons. The average Bonchev–Trinajstić information content (AvgIpc) is 1.31. The fraction of sp³-hybridized carbons (Fsp3) is 0.951. The van der Waals surface area contributed by atoms with Crippen LogP contribution in [0.2, 0.25) is 0 Å². The third kappa shape index (κ3) is 72.1. The molecule has 0 amide bonds. The number of carbonyl (C=O) groups excluding carboxylic acids is 4. The van der Waals surface area contributed by atoms with Gasteiger partial charge in [-0.1, -0.05) is 370 Å². The Morgan fingerprint density at radius 1 is 0.277 bits per heavy atom. The number of phosphoric acid groups is 2. The summed E-state index contributed by atoms with van der Waals surface area (Å²) in [5.74, 6) is 1.07. The minimum atomic E-state index is -4.96. The van der Waals surface area contributed by atoms with E-state index in [0.717, 1.165) is 120 Å². The van der Waals surface area contributed by atoms with E-state index >= 15 is 0 Å². The maximum atomic E-state index is 13.1. The van der Waals surface area contributed by atoms with Crippen LogP contribution in [0.3, 0.4) is 0 Å². The van der Waals surface area contributed by atoms with Crippen molar-refractivity contribution in [2.75, 3.05) is 39.6 Å². The predicted octanol–water partition coefficient (Wildman–Crippen LogP) is 24.4. The highest BCUT2D eigenvalue weighted by molar-refractivity contribution is 7.47. The number of aliphatic hydroxyl groups excluding tert-OH is 1. The molecule has 8 atom stereocenters. The van der Waals surface area contributed by atoms with Crippen molar-refractivity contribution in [2.45, 2.75) is 440 Å². The van der Waals surface area contributed by atoms with Gasteiger partial charge in [-0.2, -0.15) is 0 Å². The van der Waals surface area contributed by atoms with Gasteiger partial charge in [-0.25, -0.2) is 9.13 Å². The lowest BCUT2D eigenvalue weighted by atomic mass is 9.99. The lowest BCUT2D eigenvalue weighted by Crippen LogP contribution is -2.30. The monoisotopic (exact) mass is 1480 g/mol. The first-order valence-corrected chi connectivity index (χ1v) is 45.3. The van der Waals surface area contributed by atoms with E-state index in [1.165, 1.54) is 218 Å². The molecule has 101 heavy (non-hydrogen) atoms. The van der Waals surface area contributed by atoms with Gasteiger partial charge in [0.15, 0.2) is 12.2 Å². The zero-order valence-electron chi connectivity index (χ0n) is 66.5. The highest BCUT2D eigenvalue weighted by Gasteiger charge is 2.30. The van der Waals surface area contributed by atoms with Crippen molar-refractivity contribution in [2.24, 2.45) is 23.7 Å². The zero-order chi connectivity index (χ0) is 74.6. The molecule has 5 unspecified atom stereocenters. The van der Waals surface area contributed by atoms with Crippen LogP contribution in [0.4, 0.5) is 0 Å². The molecule has 0 aliphatic heterocycles. The van der Waals surface area contributed by atoms with E-state index in [1.54, 1.807) is 0 Å². The molecule has 0 aliphatic rings. The van der Waals surface area contributed by atoms with Crippen molar-refractivity contribution < 1.29 is 80.2 Å². The molecule has 17 nitrogen and oxygen atoms in total. The van der Waals surface area contributed by atoms with Crippen LogP contribution in [0.5, 0.6) is 0 Å². The summed E-state index contributed by atoms with van der Waals surface area (Å²) >= 11 is 0. The smallest absolute Gasteiger partial charge is 0.462 e. The first-order chi connectivity index (χ1) is 48.7. The van der Waals surface area contributed by atoms with Crippen LogP contribution in [0.25, 0.3) is 0 Å². The second-order valence-corrected chi connectivity index (χ2v) is 33.6. The van der Waals surface area contributed by atoms with Crippen LogP contribution < -0.4 is 0 Å². The molecule has 0 fully saturated rings. The number of aliphatic hydroxyl groups is 1. The lowest BCUT2D eigenvalue weighted by molar-refractivity contribution is -0.161. The van der Waals surface area contributed by atoms with Crippen molar-refractivity contribution in [3.05, 3.63) is 0 Å². The maximum absolute atomic E-state index is 13.1. The summed E-state index contributed by atoms with van der Waals surface area (Å²) in [5, 5.41) is 10.6. The second kappa shape index (κ2) is 71.0. The molecule has 0 aromatic rings. The molecular formula is C82H160O17P2. The molecule has 0 aliphatic carbocycles. The largest absolute Gasteiger partial charge is 0.472 e. The SMILES string of the molecule is CCC(C)CCCCCCCCCCCCCCCCCCCCC(=O)O[C@H](COC(=O)CCCCCCCCC(C)CC)COP(=O)(O)OC[C@H](O)COP(=O)(O)OC[C@@H](COC(=O)CCCCCCCCCCCCCCC(C)C)OC(=O)CCCCCCCCCCCCC(C)CC. The minimum Gasteiger partial charge on any atom is -0.462 e. The van der Waals surface area contributed by atoms with Gasteiger partial charge in [0.05, 0.1) is 26.4 Å². The summed E-state index contributed by atoms with van der Waals surface area (Å²) in [4.78, 5) is 73.0. The average molecular weight is 1480 g/mol. The molecule has 600 valence electrons. The van der Waals surface area contributed by atoms with Gasteiger partial charge >= 0.3 is 39.5 Å². The first-order valence-electron chi connectivity index (χ1n) is 42.3. The van der Waals surface area contributed by atoms with E-state index in [0.29, 0.717) is 25.7 Å². The molecule has 0 saturated heterocycles. The third-order valence-electron chi connectivity index (χ3n) is 20.2. The number of hydrogen-bond acceptors (Lipinski definition) is 15. The van der Waals surface area contributed by atoms with Crippen LogP contribution in [0.15, 0.2) is 0 Å². The maximum Gasteiger partial charge on any atom is 0.472 e. The van der Waals surface area contributed by atoms with E-state index in [1.807, 2.05) is 0 Å². The molecule has 0 heterocycles. The van der Waals surface area contributed by atoms with Gasteiger partial charge in [0.25, 0.3) is 0 Å². The molecule has 0 saturated carbocycles. The van der Waals surface area contributed by atoms with Crippen LogP contribution in [-0.4, -0.2) is 96.7 Å². The normalized spacial score (nSPS) is 14.8. The molecule has 0 spiro atoms. The molecule has 0 rings (SSSR count). The fourth-order valence-corrected chi connectivity index (χ4v) is 14.1. The highest BCUT2D eigenvalue weighted by Crippen LogP contribution is 2.45. The zero-order valence-corrected chi connectivity index (χ0v) is 68.3. The van der Waals surface area contributed by atoms with Gasteiger partial charge in [0.2, 0.25) is 0 Å². The second-order valence-electron chi connectivity index (χ2n) is 30.7. The Bertz CT molecular complexity index is 1980. The number of carbonyl (C=O) groups is 4. The van der Waals surface area contributed by atoms with Crippen LogP contribution in [0, 0.1) is 23.7 Å². The van der Waals surface area contributed by atoms with Crippen molar-refractivity contribution in [1.82, 2.24) is 0 Å². The Kier molecular flexibility index (Phi) is 69.6. The van der Waals surface area contributed by atoms with Gasteiger partial charge in [-0.3, -0.25) is 37.3 Å². The number of ether oxygens (including phenoxy) is 4. The summed E-state index contributed by atoms with van der Waals surface area (Å²) in [6.45, 7) is 14.3. The summed E-state index contributed by atoms with van der Waals surface area (Å²) < 4.78 is 68.7. The number of esters is 4. The Labute approximate surface area is 619 Å². The van der Waals surface area contributed by atoms with E-state index in [2.05, 4.69) is 55.4 Å². The fourth-order valence-electron chi connectivity index (χ4n) is 12.5. The molecule has 0 bridgehead atoms. The Balaban J connectivity index is 5.20. The van der Waals surface area contributed by atoms with Crippen molar-refractivity contribution >= 4 is 39.5 Å². The van der Waals surface area contributed by atoms with Crippen molar-refractivity contribution in [3.63, 3.8) is 0 Å². The van der Waals surface area contributed by atoms with Gasteiger partial charge in [0.1, 0.15) is 19.3 Å². The highest BCUT2D eigenvalue weighted by atomic mass is 31.2. The van der Waals surface area contributed by atoms with Crippen molar-refractivity contribution in [1.29, 1.82) is 0 Å². The minimum absolute atomic E-state index is 0.106. The van der Waals surface area contributed by atoms with Crippen LogP contribution in [0.1, 0.15) is 421 Å². The number of rotatable bonds is 79.